The number of rotatable bonds is 3. The van der Waals surface area contributed by atoms with Crippen LogP contribution in [0.2, 0.25) is 0 Å². The van der Waals surface area contributed by atoms with Crippen LogP contribution in [-0.2, 0) is 13.6 Å². The van der Waals surface area contributed by atoms with Gasteiger partial charge in [0.25, 0.3) is 0 Å². The Hall–Kier alpha value is -1.95. The van der Waals surface area contributed by atoms with E-state index < -0.39 is 11.6 Å². The van der Waals surface area contributed by atoms with Crippen molar-refractivity contribution in [2.24, 2.45) is 12.8 Å². The predicted octanol–water partition coefficient (Wildman–Crippen LogP) is 1.83. The molecule has 1 aromatic carbocycles. The molecule has 0 amide bonds. The van der Waals surface area contributed by atoms with Gasteiger partial charge in [0, 0.05) is 30.8 Å². The summed E-state index contributed by atoms with van der Waals surface area (Å²) < 4.78 is 33.8. The molecule has 0 atom stereocenters. The number of nitrogens with zero attached hydrogens (tertiary/aromatic N) is 2. The van der Waals surface area contributed by atoms with Gasteiger partial charge in [0.1, 0.15) is 5.82 Å². The highest BCUT2D eigenvalue weighted by molar-refractivity contribution is 5.67. The Kier molecular flexibility index (Phi) is 3.29. The number of hydrogen-bond acceptors (Lipinski definition) is 3. The molecular weight excluding hydrogens is 240 g/mol. The van der Waals surface area contributed by atoms with Gasteiger partial charge in [-0.25, -0.2) is 8.78 Å². The Morgan fingerprint density at radius 3 is 2.61 bits per heavy atom. The van der Waals surface area contributed by atoms with Crippen LogP contribution >= 0.6 is 0 Å². The summed E-state index contributed by atoms with van der Waals surface area (Å²) in [6.45, 7) is 0.193. The van der Waals surface area contributed by atoms with Crippen LogP contribution in [0.4, 0.5) is 8.78 Å². The molecule has 0 radical (unpaired) electrons. The zero-order valence-corrected chi connectivity index (χ0v) is 10.1. The first-order chi connectivity index (χ1) is 8.58. The predicted molar refractivity (Wildman–Crippen MR) is 63.0 cm³/mol. The fraction of sp³-hybridized carbons (Fsp3) is 0.250. The zero-order valence-electron chi connectivity index (χ0n) is 10.1. The van der Waals surface area contributed by atoms with Crippen LogP contribution in [0.5, 0.6) is 5.75 Å². The van der Waals surface area contributed by atoms with E-state index in [1.807, 2.05) is 0 Å². The molecule has 1 heterocycles. The van der Waals surface area contributed by atoms with Crippen molar-refractivity contribution in [3.05, 3.63) is 35.7 Å². The quantitative estimate of drug-likeness (QED) is 0.908. The Labute approximate surface area is 103 Å². The Balaban J connectivity index is 2.60. The summed E-state index contributed by atoms with van der Waals surface area (Å²) in [5, 5.41) is 3.99. The lowest BCUT2D eigenvalue weighted by atomic mass is 10.1. The van der Waals surface area contributed by atoms with E-state index in [2.05, 4.69) is 5.10 Å². The number of ether oxygens (including phenoxy) is 1. The van der Waals surface area contributed by atoms with Crippen molar-refractivity contribution in [2.45, 2.75) is 6.54 Å². The Morgan fingerprint density at radius 2 is 2.00 bits per heavy atom. The van der Waals surface area contributed by atoms with Gasteiger partial charge in [0.05, 0.1) is 19.0 Å². The molecule has 0 aliphatic carbocycles. The van der Waals surface area contributed by atoms with E-state index in [9.17, 15) is 8.78 Å². The first-order valence-corrected chi connectivity index (χ1v) is 5.32. The minimum atomic E-state index is -0.624. The minimum absolute atomic E-state index is 0.127. The van der Waals surface area contributed by atoms with E-state index >= 15 is 0 Å². The van der Waals surface area contributed by atoms with Crippen molar-refractivity contribution in [3.8, 4) is 16.9 Å². The van der Waals surface area contributed by atoms with Crippen LogP contribution in [-0.4, -0.2) is 16.9 Å². The summed E-state index contributed by atoms with van der Waals surface area (Å²) >= 11 is 0. The van der Waals surface area contributed by atoms with Gasteiger partial charge in [-0.2, -0.15) is 5.10 Å². The molecule has 0 saturated carbocycles. The monoisotopic (exact) mass is 253 g/mol. The third-order valence-corrected chi connectivity index (χ3v) is 2.79. The summed E-state index contributed by atoms with van der Waals surface area (Å²) in [5.74, 6) is -1.33. The Morgan fingerprint density at radius 1 is 1.28 bits per heavy atom. The maximum Gasteiger partial charge on any atom is 0.165 e. The molecule has 0 unspecified atom stereocenters. The lowest BCUT2D eigenvalue weighted by Crippen LogP contribution is -2.06. The molecule has 2 N–H and O–H groups in total. The summed E-state index contributed by atoms with van der Waals surface area (Å²) in [6, 6.07) is 2.10. The Bertz CT molecular complexity index is 581. The highest BCUT2D eigenvalue weighted by Crippen LogP contribution is 2.30. The van der Waals surface area contributed by atoms with Crippen molar-refractivity contribution in [2.75, 3.05) is 7.11 Å². The summed E-state index contributed by atoms with van der Waals surface area (Å²) in [6.07, 6.45) is 1.46. The molecule has 0 aliphatic rings. The highest BCUT2D eigenvalue weighted by Gasteiger charge is 2.16. The van der Waals surface area contributed by atoms with Crippen molar-refractivity contribution in [3.63, 3.8) is 0 Å². The molecule has 0 spiro atoms. The molecule has 0 fully saturated rings. The van der Waals surface area contributed by atoms with E-state index in [0.717, 1.165) is 12.1 Å². The third kappa shape index (κ3) is 1.95. The molecule has 18 heavy (non-hydrogen) atoms. The van der Waals surface area contributed by atoms with E-state index in [1.54, 1.807) is 7.05 Å². The van der Waals surface area contributed by atoms with Gasteiger partial charge >= 0.3 is 0 Å². The molecule has 0 bridgehead atoms. The summed E-state index contributed by atoms with van der Waals surface area (Å²) in [4.78, 5) is 0. The number of methoxy groups -OCH3 is 1. The van der Waals surface area contributed by atoms with E-state index in [4.69, 9.17) is 10.5 Å². The number of aromatic nitrogens is 2. The number of nitrogens with two attached hydrogens (primary N) is 1. The van der Waals surface area contributed by atoms with Gasteiger partial charge in [-0.1, -0.05) is 0 Å². The van der Waals surface area contributed by atoms with E-state index in [-0.39, 0.29) is 17.9 Å². The molecule has 1 aromatic heterocycles. The summed E-state index contributed by atoms with van der Waals surface area (Å²) in [5.41, 5.74) is 6.83. The second-order valence-electron chi connectivity index (χ2n) is 3.80. The first-order valence-electron chi connectivity index (χ1n) is 5.32. The minimum Gasteiger partial charge on any atom is -0.494 e. The maximum atomic E-state index is 13.9. The van der Waals surface area contributed by atoms with E-state index in [1.165, 1.54) is 18.0 Å². The molecule has 2 aromatic rings. The molecule has 4 nitrogen and oxygen atoms in total. The zero-order chi connectivity index (χ0) is 13.3. The average molecular weight is 253 g/mol. The van der Waals surface area contributed by atoms with Gasteiger partial charge in [0.15, 0.2) is 11.6 Å². The van der Waals surface area contributed by atoms with Gasteiger partial charge in [-0.3, -0.25) is 4.68 Å². The second kappa shape index (κ2) is 4.73. The topological polar surface area (TPSA) is 53.1 Å². The van der Waals surface area contributed by atoms with Crippen molar-refractivity contribution in [1.82, 2.24) is 9.78 Å². The van der Waals surface area contributed by atoms with Gasteiger partial charge in [-0.15, -0.1) is 0 Å². The van der Waals surface area contributed by atoms with Crippen LogP contribution < -0.4 is 10.5 Å². The van der Waals surface area contributed by atoms with Crippen LogP contribution in [0.3, 0.4) is 0 Å². The third-order valence-electron chi connectivity index (χ3n) is 2.79. The molecule has 6 heteroatoms. The SMILES string of the molecule is COc1cc(F)c(-c2cnn(C)c2CN)cc1F. The van der Waals surface area contributed by atoms with Gasteiger partial charge in [0.2, 0.25) is 0 Å². The molecule has 0 saturated heterocycles. The van der Waals surface area contributed by atoms with Crippen molar-refractivity contribution < 1.29 is 13.5 Å². The normalized spacial score (nSPS) is 10.7. The number of halogens is 2. The fourth-order valence-corrected chi connectivity index (χ4v) is 1.82. The van der Waals surface area contributed by atoms with Crippen LogP contribution in [0.1, 0.15) is 5.69 Å². The van der Waals surface area contributed by atoms with Crippen LogP contribution in [0.25, 0.3) is 11.1 Å². The largest absolute Gasteiger partial charge is 0.494 e. The standard InChI is InChI=1S/C12H13F2N3O/c1-17-11(5-15)8(6-16-17)7-3-10(14)12(18-2)4-9(7)13/h3-4,6H,5,15H2,1-2H3. The first kappa shape index (κ1) is 12.5. The average Bonchev–Trinajstić information content (AvgIpc) is 2.72. The van der Waals surface area contributed by atoms with Gasteiger partial charge in [-0.05, 0) is 6.07 Å². The van der Waals surface area contributed by atoms with Crippen molar-refractivity contribution >= 4 is 0 Å². The molecule has 2 rings (SSSR count). The summed E-state index contributed by atoms with van der Waals surface area (Å²) in [7, 11) is 2.98. The highest BCUT2D eigenvalue weighted by atomic mass is 19.1. The van der Waals surface area contributed by atoms with Crippen LogP contribution in [0, 0.1) is 11.6 Å². The lowest BCUT2D eigenvalue weighted by molar-refractivity contribution is 0.383. The molecular formula is C12H13F2N3O. The number of benzene rings is 1. The van der Waals surface area contributed by atoms with E-state index in [0.29, 0.717) is 11.3 Å². The van der Waals surface area contributed by atoms with Gasteiger partial charge < -0.3 is 10.5 Å². The molecule has 0 aliphatic heterocycles. The second-order valence-corrected chi connectivity index (χ2v) is 3.80. The fourth-order valence-electron chi connectivity index (χ4n) is 1.82. The smallest absolute Gasteiger partial charge is 0.165 e. The van der Waals surface area contributed by atoms with Crippen LogP contribution in [0.15, 0.2) is 18.3 Å². The number of hydrogen-bond donors (Lipinski definition) is 1. The lowest BCUT2D eigenvalue weighted by Gasteiger charge is -2.08. The number of aryl methyl sites for hydroxylation is 1. The van der Waals surface area contributed by atoms with Crippen molar-refractivity contribution in [1.29, 1.82) is 0 Å². The maximum absolute atomic E-state index is 13.9. The molecule has 96 valence electrons.